The van der Waals surface area contributed by atoms with Crippen molar-refractivity contribution < 1.29 is 19.4 Å². The molecule has 1 aliphatic rings. The topological polar surface area (TPSA) is 101 Å². The number of carbonyl (C=O) groups is 2. The van der Waals surface area contributed by atoms with Crippen LogP contribution in [0.15, 0.2) is 77.8 Å². The third-order valence-electron chi connectivity index (χ3n) is 7.36. The van der Waals surface area contributed by atoms with Gasteiger partial charge < -0.3 is 24.6 Å². The fourth-order valence-electron chi connectivity index (χ4n) is 5.03. The smallest absolute Gasteiger partial charge is 0.337 e. The van der Waals surface area contributed by atoms with Gasteiger partial charge in [0.05, 0.1) is 29.6 Å². The van der Waals surface area contributed by atoms with E-state index >= 15 is 0 Å². The van der Waals surface area contributed by atoms with Crippen LogP contribution < -0.4 is 0 Å². The van der Waals surface area contributed by atoms with Gasteiger partial charge in [0.1, 0.15) is 0 Å². The van der Waals surface area contributed by atoms with Crippen LogP contribution in [-0.4, -0.2) is 103 Å². The summed E-state index contributed by atoms with van der Waals surface area (Å²) in [6, 6.07) is 21.9. The molecule has 0 unspecified atom stereocenters. The van der Waals surface area contributed by atoms with Gasteiger partial charge in [-0.2, -0.15) is 0 Å². The molecule has 9 nitrogen and oxygen atoms in total. The van der Waals surface area contributed by atoms with E-state index in [4.69, 9.17) is 9.73 Å². The molecule has 212 valence electrons. The van der Waals surface area contributed by atoms with Crippen LogP contribution in [0, 0.1) is 0 Å². The minimum absolute atomic E-state index is 0.0201. The number of nitrogens with one attached hydrogen (secondary N) is 1. The Labute approximate surface area is 239 Å². The maximum atomic E-state index is 13.2. The average molecular weight is 554 g/mol. The first-order valence-corrected chi connectivity index (χ1v) is 13.7. The highest BCUT2D eigenvalue weighted by Gasteiger charge is 2.23. The van der Waals surface area contributed by atoms with E-state index in [9.17, 15) is 14.7 Å². The summed E-state index contributed by atoms with van der Waals surface area (Å²) in [5.41, 5.74) is 4.13. The number of fused-ring (bicyclic) bond motifs is 1. The molecule has 2 heterocycles. The van der Waals surface area contributed by atoms with Crippen molar-refractivity contribution in [3.05, 3.63) is 95.1 Å². The van der Waals surface area contributed by atoms with Crippen LogP contribution in [0.3, 0.4) is 0 Å². The molecular formula is C32H35N5O4. The van der Waals surface area contributed by atoms with E-state index in [1.165, 1.54) is 7.11 Å². The van der Waals surface area contributed by atoms with Gasteiger partial charge in [0.15, 0.2) is 5.88 Å². The van der Waals surface area contributed by atoms with Gasteiger partial charge in [-0.05, 0) is 50.5 Å². The number of piperazine rings is 1. The molecule has 0 saturated carbocycles. The molecule has 0 spiro atoms. The van der Waals surface area contributed by atoms with Crippen LogP contribution in [0.1, 0.15) is 31.8 Å². The molecule has 5 rings (SSSR count). The van der Waals surface area contributed by atoms with Crippen molar-refractivity contribution in [2.75, 3.05) is 60.5 Å². The Morgan fingerprint density at radius 3 is 2.27 bits per heavy atom. The Balaban J connectivity index is 1.41. The second-order valence-corrected chi connectivity index (χ2v) is 10.4. The molecule has 4 aromatic rings. The molecule has 9 heteroatoms. The lowest BCUT2D eigenvalue weighted by atomic mass is 10.00. The third kappa shape index (κ3) is 6.32. The second kappa shape index (κ2) is 12.4. The number of rotatable bonds is 8. The lowest BCUT2D eigenvalue weighted by Gasteiger charge is -2.35. The van der Waals surface area contributed by atoms with Gasteiger partial charge in [-0.25, -0.2) is 9.79 Å². The number of carbonyl (C=O) groups excluding carboxylic acids is 2. The fourth-order valence-corrected chi connectivity index (χ4v) is 5.03. The van der Waals surface area contributed by atoms with Crippen molar-refractivity contribution in [3.8, 4) is 5.88 Å². The number of likely N-dealkylation sites (N-methyl/N-ethyl adjacent to an activating group) is 1. The summed E-state index contributed by atoms with van der Waals surface area (Å²) in [5, 5.41) is 11.7. The summed E-state index contributed by atoms with van der Waals surface area (Å²) < 4.78 is 4.84. The number of esters is 1. The van der Waals surface area contributed by atoms with Crippen molar-refractivity contribution in [1.82, 2.24) is 19.7 Å². The predicted octanol–water partition coefficient (Wildman–Crippen LogP) is 4.15. The average Bonchev–Trinajstić information content (AvgIpc) is 3.33. The zero-order valence-electron chi connectivity index (χ0n) is 23.6. The van der Waals surface area contributed by atoms with E-state index in [1.54, 1.807) is 30.3 Å². The molecule has 2 N–H and O–H groups in total. The highest BCUT2D eigenvalue weighted by Crippen LogP contribution is 2.32. The number of hydrogen-bond donors (Lipinski definition) is 2. The van der Waals surface area contributed by atoms with E-state index in [0.29, 0.717) is 52.1 Å². The lowest BCUT2D eigenvalue weighted by Crippen LogP contribution is -2.49. The highest BCUT2D eigenvalue weighted by atomic mass is 16.5. The zero-order valence-corrected chi connectivity index (χ0v) is 23.6. The van der Waals surface area contributed by atoms with Crippen LogP contribution in [0.2, 0.25) is 0 Å². The number of aliphatic imine (C=N–C) groups is 1. The quantitative estimate of drug-likeness (QED) is 0.251. The Bertz CT molecular complexity index is 1550. The molecule has 1 saturated heterocycles. The van der Waals surface area contributed by atoms with Crippen molar-refractivity contribution in [2.24, 2.45) is 4.99 Å². The Hall–Kier alpha value is -4.47. The molecule has 41 heavy (non-hydrogen) atoms. The first-order valence-electron chi connectivity index (χ1n) is 13.7. The number of aromatic nitrogens is 1. The van der Waals surface area contributed by atoms with Crippen molar-refractivity contribution in [2.45, 2.75) is 0 Å². The van der Waals surface area contributed by atoms with Crippen LogP contribution in [0.25, 0.3) is 10.9 Å². The number of nitrogens with zero attached hydrogens (tertiary/aromatic N) is 4. The number of hydrogen-bond acceptors (Lipinski definition) is 7. The summed E-state index contributed by atoms with van der Waals surface area (Å²) in [6.07, 6.45) is 0. The third-order valence-corrected chi connectivity index (χ3v) is 7.36. The number of methoxy groups -OCH3 is 1. The van der Waals surface area contributed by atoms with E-state index in [1.807, 2.05) is 47.4 Å². The standard InChI is InChI=1S/C32H35N5O4/c1-35(2)15-16-36-17-19-37(20-18-36)31(39)23-9-12-25(13-10-23)33-29(22-7-5-4-6-8-22)28-26-14-11-24(32(40)41-3)21-27(26)34-30(28)38/h4-14,21,34,38H,15-20H2,1-3H3. The molecule has 3 aromatic carbocycles. The van der Waals surface area contributed by atoms with Crippen LogP contribution >= 0.6 is 0 Å². The van der Waals surface area contributed by atoms with E-state index in [2.05, 4.69) is 28.9 Å². The van der Waals surface area contributed by atoms with E-state index in [0.717, 1.165) is 31.7 Å². The van der Waals surface area contributed by atoms with Crippen molar-refractivity contribution in [3.63, 3.8) is 0 Å². The number of benzene rings is 3. The van der Waals surface area contributed by atoms with Gasteiger partial charge in [0.25, 0.3) is 5.91 Å². The van der Waals surface area contributed by atoms with Gasteiger partial charge in [-0.3, -0.25) is 9.69 Å². The second-order valence-electron chi connectivity index (χ2n) is 10.4. The molecular weight excluding hydrogens is 518 g/mol. The van der Waals surface area contributed by atoms with Crippen LogP contribution in [-0.2, 0) is 4.74 Å². The molecule has 1 aromatic heterocycles. The van der Waals surface area contributed by atoms with Crippen LogP contribution in [0.5, 0.6) is 5.88 Å². The summed E-state index contributed by atoms with van der Waals surface area (Å²) in [6.45, 7) is 5.18. The van der Waals surface area contributed by atoms with Crippen molar-refractivity contribution in [1.29, 1.82) is 0 Å². The Kier molecular flexibility index (Phi) is 8.47. The maximum Gasteiger partial charge on any atom is 0.337 e. The van der Waals surface area contributed by atoms with Crippen molar-refractivity contribution >= 4 is 34.2 Å². The van der Waals surface area contributed by atoms with Gasteiger partial charge >= 0.3 is 5.97 Å². The Morgan fingerprint density at radius 2 is 1.61 bits per heavy atom. The molecule has 0 atom stereocenters. The first kappa shape index (κ1) is 28.1. The van der Waals surface area contributed by atoms with E-state index < -0.39 is 5.97 Å². The SMILES string of the molecule is COC(=O)c1ccc2c(C(=Nc3ccc(C(=O)N4CCN(CCN(C)C)CC4)cc3)c3ccccc3)c(O)[nH]c2c1. The zero-order chi connectivity index (χ0) is 28.9. The van der Waals surface area contributed by atoms with Gasteiger partial charge in [-0.1, -0.05) is 36.4 Å². The Morgan fingerprint density at radius 1 is 0.927 bits per heavy atom. The number of amides is 1. The minimum atomic E-state index is -0.458. The van der Waals surface area contributed by atoms with Crippen LogP contribution in [0.4, 0.5) is 5.69 Å². The number of aromatic hydroxyl groups is 1. The van der Waals surface area contributed by atoms with Gasteiger partial charge in [-0.15, -0.1) is 0 Å². The fraction of sp³-hybridized carbons (Fsp3) is 0.281. The molecule has 0 bridgehead atoms. The van der Waals surface area contributed by atoms with E-state index in [-0.39, 0.29) is 11.8 Å². The molecule has 0 aliphatic carbocycles. The minimum Gasteiger partial charge on any atom is -0.494 e. The largest absolute Gasteiger partial charge is 0.494 e. The highest BCUT2D eigenvalue weighted by molar-refractivity contribution is 6.22. The normalized spacial score (nSPS) is 14.5. The summed E-state index contributed by atoms with van der Waals surface area (Å²) in [7, 11) is 5.47. The maximum absolute atomic E-state index is 13.2. The van der Waals surface area contributed by atoms with Gasteiger partial charge in [0.2, 0.25) is 0 Å². The summed E-state index contributed by atoms with van der Waals surface area (Å²) >= 11 is 0. The number of aromatic amines is 1. The molecule has 1 amide bonds. The first-order chi connectivity index (χ1) is 19.8. The molecule has 1 aliphatic heterocycles. The monoisotopic (exact) mass is 553 g/mol. The predicted molar refractivity (Wildman–Crippen MR) is 160 cm³/mol. The lowest BCUT2D eigenvalue weighted by molar-refractivity contribution is 0.0599. The number of ether oxygens (including phenoxy) is 1. The van der Waals surface area contributed by atoms with Gasteiger partial charge in [0, 0.05) is 61.3 Å². The molecule has 0 radical (unpaired) electrons. The molecule has 1 fully saturated rings. The summed E-state index contributed by atoms with van der Waals surface area (Å²) in [4.78, 5) is 39.6. The summed E-state index contributed by atoms with van der Waals surface area (Å²) in [5.74, 6) is -0.492. The number of H-pyrrole nitrogens is 1.